The minimum Gasteiger partial charge on any atom is -0.339 e. The van der Waals surface area contributed by atoms with E-state index in [2.05, 4.69) is 5.10 Å². The van der Waals surface area contributed by atoms with E-state index in [1.54, 1.807) is 11.0 Å². The molecule has 1 aliphatic heterocycles. The van der Waals surface area contributed by atoms with Gasteiger partial charge in [0.15, 0.2) is 5.69 Å². The first kappa shape index (κ1) is 22.6. The summed E-state index contributed by atoms with van der Waals surface area (Å²) in [6, 6.07) is 6.16. The second-order valence-electron chi connectivity index (χ2n) is 8.24. The number of hydrogen-bond acceptors (Lipinski definition) is 3. The highest BCUT2D eigenvalue weighted by molar-refractivity contribution is 5.76. The maximum Gasteiger partial charge on any atom is 0.435 e. The number of piperazine rings is 1. The van der Waals surface area contributed by atoms with Gasteiger partial charge in [-0.1, -0.05) is 18.2 Å². The molecular formula is C21H22F6N4O. The number of aromatic nitrogens is 2. The normalized spacial score (nSPS) is 18.2. The summed E-state index contributed by atoms with van der Waals surface area (Å²) >= 11 is 0. The zero-order chi connectivity index (χ0) is 23.1. The molecule has 2 fully saturated rings. The van der Waals surface area contributed by atoms with Gasteiger partial charge in [-0.3, -0.25) is 14.4 Å². The van der Waals surface area contributed by atoms with Gasteiger partial charge < -0.3 is 4.90 Å². The lowest BCUT2D eigenvalue weighted by Gasteiger charge is -2.35. The van der Waals surface area contributed by atoms with Crippen molar-refractivity contribution in [3.8, 4) is 0 Å². The first-order valence-electron chi connectivity index (χ1n) is 10.3. The van der Waals surface area contributed by atoms with E-state index < -0.39 is 23.6 Å². The van der Waals surface area contributed by atoms with Crippen molar-refractivity contribution in [1.29, 1.82) is 0 Å². The Morgan fingerprint density at radius 2 is 1.66 bits per heavy atom. The van der Waals surface area contributed by atoms with Crippen LogP contribution >= 0.6 is 0 Å². The zero-order valence-corrected chi connectivity index (χ0v) is 17.1. The van der Waals surface area contributed by atoms with Crippen LogP contribution in [-0.4, -0.2) is 51.7 Å². The third-order valence-corrected chi connectivity index (χ3v) is 5.77. The molecule has 2 heterocycles. The van der Waals surface area contributed by atoms with Crippen molar-refractivity contribution in [1.82, 2.24) is 19.6 Å². The summed E-state index contributed by atoms with van der Waals surface area (Å²) in [5, 5.41) is 3.62. The van der Waals surface area contributed by atoms with E-state index >= 15 is 0 Å². The summed E-state index contributed by atoms with van der Waals surface area (Å²) in [6.45, 7) is 1.70. The molecule has 1 aromatic carbocycles. The molecule has 174 valence electrons. The number of amides is 1. The van der Waals surface area contributed by atoms with Gasteiger partial charge >= 0.3 is 12.4 Å². The average molecular weight is 460 g/mol. The SMILES string of the molecule is O=C(Cn1nc(C(F)(F)F)cc1C1CC1)N1CCN(Cc2cccc(C(F)(F)F)c2)CC1. The minimum atomic E-state index is -4.56. The monoisotopic (exact) mass is 460 g/mol. The van der Waals surface area contributed by atoms with Crippen molar-refractivity contribution < 1.29 is 31.1 Å². The number of halogens is 6. The van der Waals surface area contributed by atoms with E-state index in [9.17, 15) is 31.1 Å². The molecule has 5 nitrogen and oxygen atoms in total. The molecule has 0 bridgehead atoms. The van der Waals surface area contributed by atoms with Gasteiger partial charge in [-0.05, 0) is 30.5 Å². The summed E-state index contributed by atoms with van der Waals surface area (Å²) in [7, 11) is 0. The molecule has 1 aromatic heterocycles. The van der Waals surface area contributed by atoms with Gasteiger partial charge in [0.2, 0.25) is 5.91 Å². The second kappa shape index (κ2) is 8.42. The van der Waals surface area contributed by atoms with Crippen LogP contribution in [0.5, 0.6) is 0 Å². The summed E-state index contributed by atoms with van der Waals surface area (Å²) in [6.07, 6.45) is -7.40. The van der Waals surface area contributed by atoms with Crippen LogP contribution in [-0.2, 0) is 30.2 Å². The van der Waals surface area contributed by atoms with Gasteiger partial charge in [0.1, 0.15) is 6.54 Å². The summed E-state index contributed by atoms with van der Waals surface area (Å²) in [5.74, 6) is -0.307. The van der Waals surface area contributed by atoms with Crippen LogP contribution in [0.4, 0.5) is 26.3 Å². The highest BCUT2D eigenvalue weighted by Gasteiger charge is 2.38. The molecule has 0 atom stereocenters. The van der Waals surface area contributed by atoms with Crippen molar-refractivity contribution in [2.24, 2.45) is 0 Å². The van der Waals surface area contributed by atoms with E-state index in [1.165, 1.54) is 6.07 Å². The van der Waals surface area contributed by atoms with E-state index in [-0.39, 0.29) is 18.4 Å². The van der Waals surface area contributed by atoms with E-state index in [4.69, 9.17) is 0 Å². The number of alkyl halides is 6. The van der Waals surface area contributed by atoms with E-state index in [1.807, 2.05) is 4.90 Å². The number of hydrogen-bond donors (Lipinski definition) is 0. The Kier molecular flexibility index (Phi) is 5.95. The minimum absolute atomic E-state index is 0.00992. The van der Waals surface area contributed by atoms with Crippen molar-refractivity contribution >= 4 is 5.91 Å². The van der Waals surface area contributed by atoms with Crippen LogP contribution in [0.15, 0.2) is 30.3 Å². The lowest BCUT2D eigenvalue weighted by atomic mass is 10.1. The van der Waals surface area contributed by atoms with Crippen molar-refractivity contribution in [2.45, 2.75) is 44.2 Å². The fourth-order valence-electron chi connectivity index (χ4n) is 3.89. The van der Waals surface area contributed by atoms with Gasteiger partial charge in [0.05, 0.1) is 5.56 Å². The Balaban J connectivity index is 1.34. The molecule has 0 unspecified atom stereocenters. The predicted molar refractivity (Wildman–Crippen MR) is 103 cm³/mol. The van der Waals surface area contributed by atoms with Crippen LogP contribution in [0.3, 0.4) is 0 Å². The van der Waals surface area contributed by atoms with Gasteiger partial charge in [-0.15, -0.1) is 0 Å². The number of rotatable bonds is 5. The highest BCUT2D eigenvalue weighted by atomic mass is 19.4. The van der Waals surface area contributed by atoms with E-state index in [0.29, 0.717) is 44.0 Å². The van der Waals surface area contributed by atoms with Crippen molar-refractivity contribution in [3.63, 3.8) is 0 Å². The third-order valence-electron chi connectivity index (χ3n) is 5.77. The van der Waals surface area contributed by atoms with Gasteiger partial charge in [0.25, 0.3) is 0 Å². The Bertz CT molecular complexity index is 971. The Labute approximate surface area is 180 Å². The Morgan fingerprint density at radius 1 is 0.969 bits per heavy atom. The molecule has 0 radical (unpaired) electrons. The molecule has 1 saturated heterocycles. The molecule has 1 aliphatic carbocycles. The second-order valence-corrected chi connectivity index (χ2v) is 8.24. The lowest BCUT2D eigenvalue weighted by molar-refractivity contribution is -0.142. The van der Waals surface area contributed by atoms with Crippen LogP contribution in [0.2, 0.25) is 0 Å². The average Bonchev–Trinajstić information content (AvgIpc) is 3.47. The predicted octanol–water partition coefficient (Wildman–Crippen LogP) is 4.14. The summed E-state index contributed by atoms with van der Waals surface area (Å²) in [4.78, 5) is 16.2. The van der Waals surface area contributed by atoms with Gasteiger partial charge in [0, 0.05) is 44.3 Å². The van der Waals surface area contributed by atoms with Crippen LogP contribution in [0.25, 0.3) is 0 Å². The molecular weight excluding hydrogens is 438 g/mol. The number of benzene rings is 1. The molecule has 2 aliphatic rings. The largest absolute Gasteiger partial charge is 0.435 e. The topological polar surface area (TPSA) is 41.4 Å². The third kappa shape index (κ3) is 5.25. The number of nitrogens with zero attached hydrogens (tertiary/aromatic N) is 4. The molecule has 1 saturated carbocycles. The van der Waals surface area contributed by atoms with Gasteiger partial charge in [-0.25, -0.2) is 0 Å². The lowest BCUT2D eigenvalue weighted by Crippen LogP contribution is -2.49. The fraction of sp³-hybridized carbons (Fsp3) is 0.524. The van der Waals surface area contributed by atoms with Crippen LogP contribution < -0.4 is 0 Å². The van der Waals surface area contributed by atoms with Gasteiger partial charge in [-0.2, -0.15) is 31.4 Å². The Morgan fingerprint density at radius 3 is 2.25 bits per heavy atom. The molecule has 0 N–H and O–H groups in total. The molecule has 0 spiro atoms. The van der Waals surface area contributed by atoms with E-state index in [0.717, 1.165) is 35.7 Å². The standard InChI is InChI=1S/C21H22F6N4O/c22-20(23,24)16-3-1-2-14(10-16)12-29-6-8-30(9-7-29)19(32)13-31-17(15-4-5-15)11-18(28-31)21(25,26)27/h1-3,10-11,15H,4-9,12-13H2. The molecule has 4 rings (SSSR count). The molecule has 32 heavy (non-hydrogen) atoms. The molecule has 2 aromatic rings. The molecule has 11 heteroatoms. The maximum absolute atomic E-state index is 13.0. The first-order valence-corrected chi connectivity index (χ1v) is 10.3. The number of carbonyl (C=O) groups excluding carboxylic acids is 1. The highest BCUT2D eigenvalue weighted by Crippen LogP contribution is 2.42. The smallest absolute Gasteiger partial charge is 0.339 e. The summed E-state index contributed by atoms with van der Waals surface area (Å²) in [5.41, 5.74) is -0.718. The summed E-state index contributed by atoms with van der Waals surface area (Å²) < 4.78 is 78.9. The van der Waals surface area contributed by atoms with Crippen molar-refractivity contribution in [2.75, 3.05) is 26.2 Å². The fourth-order valence-corrected chi connectivity index (χ4v) is 3.89. The molecule has 1 amide bonds. The number of carbonyl (C=O) groups is 1. The van der Waals surface area contributed by atoms with Crippen molar-refractivity contribution in [3.05, 3.63) is 52.8 Å². The van der Waals surface area contributed by atoms with Crippen LogP contribution in [0, 0.1) is 0 Å². The van der Waals surface area contributed by atoms with Crippen LogP contribution in [0.1, 0.15) is 41.3 Å². The maximum atomic E-state index is 13.0. The first-order chi connectivity index (χ1) is 15.0. The zero-order valence-electron chi connectivity index (χ0n) is 17.1. The Hall–Kier alpha value is -2.56. The quantitative estimate of drug-likeness (QED) is 0.630.